The van der Waals surface area contributed by atoms with Gasteiger partial charge in [-0.1, -0.05) is 42.5 Å². The number of anilines is 1. The third-order valence-corrected chi connectivity index (χ3v) is 8.50. The standard InChI is InChI=1S/C32H37N3O6/c1-4-17-33(21-22-9-7-6-8-10-22)29(37)26-25-15-16-32(41-25)27(26)30(38)35(19-20-36)28(32)31(39)34(18-5-2)23-11-13-24(40-3)14-12-23/h4-14,25-28,36H,1-2,15-21H2,3H3/t25-,26+,27-,28?,32?/m0/s1. The fourth-order valence-corrected chi connectivity index (χ4v) is 6.83. The van der Waals surface area contributed by atoms with Gasteiger partial charge >= 0.3 is 0 Å². The van der Waals surface area contributed by atoms with E-state index in [2.05, 4.69) is 13.2 Å². The van der Waals surface area contributed by atoms with Crippen LogP contribution in [-0.2, 0) is 25.7 Å². The molecule has 2 aromatic carbocycles. The Morgan fingerprint density at radius 1 is 1.10 bits per heavy atom. The van der Waals surface area contributed by atoms with Gasteiger partial charge in [0.15, 0.2) is 0 Å². The Morgan fingerprint density at radius 2 is 1.80 bits per heavy atom. The average Bonchev–Trinajstić information content (AvgIpc) is 3.63. The van der Waals surface area contributed by atoms with Crippen LogP contribution in [-0.4, -0.2) is 83.7 Å². The molecule has 3 amide bonds. The maximum atomic E-state index is 14.4. The van der Waals surface area contributed by atoms with Gasteiger partial charge in [0, 0.05) is 31.9 Å². The second kappa shape index (κ2) is 11.9. The van der Waals surface area contributed by atoms with Crippen LogP contribution in [0.4, 0.5) is 5.69 Å². The molecule has 9 nitrogen and oxygen atoms in total. The fourth-order valence-electron chi connectivity index (χ4n) is 6.83. The van der Waals surface area contributed by atoms with Gasteiger partial charge < -0.3 is 29.3 Å². The summed E-state index contributed by atoms with van der Waals surface area (Å²) in [5.74, 6) is -1.75. The molecule has 0 saturated carbocycles. The Morgan fingerprint density at radius 3 is 2.44 bits per heavy atom. The molecule has 1 spiro atoms. The van der Waals surface area contributed by atoms with Crippen LogP contribution >= 0.6 is 0 Å². The molecule has 0 aromatic heterocycles. The number of hydrogen-bond donors (Lipinski definition) is 1. The molecule has 3 heterocycles. The quantitative estimate of drug-likeness (QED) is 0.402. The lowest BCUT2D eigenvalue weighted by molar-refractivity contribution is -0.145. The number of nitrogens with zero attached hydrogens (tertiary/aromatic N) is 3. The Balaban J connectivity index is 1.50. The van der Waals surface area contributed by atoms with Crippen molar-refractivity contribution in [3.05, 3.63) is 85.5 Å². The van der Waals surface area contributed by atoms with Crippen molar-refractivity contribution in [2.75, 3.05) is 38.3 Å². The minimum atomic E-state index is -1.16. The van der Waals surface area contributed by atoms with Crippen LogP contribution in [0, 0.1) is 11.8 Å². The molecule has 5 atom stereocenters. The Labute approximate surface area is 240 Å². The number of β-amino-alcohol motifs (C(OH)–C–C–N with tert-alkyl or cyclic N) is 1. The average molecular weight is 560 g/mol. The monoisotopic (exact) mass is 559 g/mol. The number of aliphatic hydroxyl groups excluding tert-OH is 1. The largest absolute Gasteiger partial charge is 0.497 e. The van der Waals surface area contributed by atoms with Gasteiger partial charge in [-0.15, -0.1) is 13.2 Å². The first kappa shape index (κ1) is 28.6. The van der Waals surface area contributed by atoms with Crippen molar-refractivity contribution < 1.29 is 29.0 Å². The molecular formula is C32H37N3O6. The van der Waals surface area contributed by atoms with Gasteiger partial charge in [0.2, 0.25) is 11.8 Å². The number of amides is 3. The van der Waals surface area contributed by atoms with Crippen molar-refractivity contribution in [1.29, 1.82) is 0 Å². The summed E-state index contributed by atoms with van der Waals surface area (Å²) in [6.45, 7) is 8.21. The summed E-state index contributed by atoms with van der Waals surface area (Å²) in [5.41, 5.74) is 0.424. The molecule has 3 fully saturated rings. The smallest absolute Gasteiger partial charge is 0.253 e. The number of carbonyl (C=O) groups is 3. The lowest BCUT2D eigenvalue weighted by Gasteiger charge is -2.36. The summed E-state index contributed by atoms with van der Waals surface area (Å²) in [7, 11) is 1.57. The molecule has 9 heteroatoms. The van der Waals surface area contributed by atoms with Gasteiger partial charge in [-0.25, -0.2) is 0 Å². The maximum absolute atomic E-state index is 14.4. The molecule has 41 heavy (non-hydrogen) atoms. The Hall–Kier alpha value is -3.95. The van der Waals surface area contributed by atoms with Crippen molar-refractivity contribution in [2.24, 2.45) is 11.8 Å². The lowest BCUT2D eigenvalue weighted by atomic mass is 9.70. The number of benzene rings is 2. The van der Waals surface area contributed by atoms with E-state index in [9.17, 15) is 19.5 Å². The molecule has 2 bridgehead atoms. The zero-order valence-electron chi connectivity index (χ0n) is 23.4. The van der Waals surface area contributed by atoms with Gasteiger partial charge in [0.1, 0.15) is 17.4 Å². The minimum absolute atomic E-state index is 0.0344. The highest BCUT2D eigenvalue weighted by Crippen LogP contribution is 2.59. The molecule has 1 N–H and O–H groups in total. The van der Waals surface area contributed by atoms with Gasteiger partial charge in [0.05, 0.1) is 31.7 Å². The van der Waals surface area contributed by atoms with E-state index in [-0.39, 0.29) is 37.4 Å². The molecule has 216 valence electrons. The molecular weight excluding hydrogens is 522 g/mol. The van der Waals surface area contributed by atoms with E-state index in [0.29, 0.717) is 37.4 Å². The van der Waals surface area contributed by atoms with Crippen LogP contribution in [0.5, 0.6) is 5.75 Å². The van der Waals surface area contributed by atoms with Crippen molar-refractivity contribution in [2.45, 2.75) is 37.1 Å². The van der Waals surface area contributed by atoms with Crippen LogP contribution in [0.3, 0.4) is 0 Å². The van der Waals surface area contributed by atoms with Crippen molar-refractivity contribution in [3.63, 3.8) is 0 Å². The molecule has 0 aliphatic carbocycles. The van der Waals surface area contributed by atoms with Gasteiger partial charge in [0.25, 0.3) is 5.91 Å². The van der Waals surface area contributed by atoms with Crippen LogP contribution < -0.4 is 9.64 Å². The van der Waals surface area contributed by atoms with Gasteiger partial charge in [-0.3, -0.25) is 14.4 Å². The Kier molecular flexibility index (Phi) is 8.28. The summed E-state index contributed by atoms with van der Waals surface area (Å²) >= 11 is 0. The van der Waals surface area contributed by atoms with Crippen molar-refractivity contribution in [1.82, 2.24) is 9.80 Å². The second-order valence-corrected chi connectivity index (χ2v) is 10.7. The van der Waals surface area contributed by atoms with Crippen LogP contribution in [0.15, 0.2) is 79.9 Å². The molecule has 3 aliphatic heterocycles. The van der Waals surface area contributed by atoms with E-state index in [1.54, 1.807) is 53.3 Å². The van der Waals surface area contributed by atoms with Crippen LogP contribution in [0.1, 0.15) is 18.4 Å². The second-order valence-electron chi connectivity index (χ2n) is 10.7. The summed E-state index contributed by atoms with van der Waals surface area (Å²) in [5, 5.41) is 9.91. The van der Waals surface area contributed by atoms with Crippen molar-refractivity contribution >= 4 is 23.4 Å². The lowest BCUT2D eigenvalue weighted by Crippen LogP contribution is -2.57. The zero-order chi connectivity index (χ0) is 29.1. The van der Waals surface area contributed by atoms with E-state index in [1.165, 1.54) is 4.90 Å². The van der Waals surface area contributed by atoms with E-state index < -0.39 is 29.6 Å². The number of fused-ring (bicyclic) bond motifs is 1. The normalized spacial score (nSPS) is 26.0. The molecule has 5 rings (SSSR count). The van der Waals surface area contributed by atoms with E-state index in [4.69, 9.17) is 9.47 Å². The first-order valence-electron chi connectivity index (χ1n) is 14.0. The number of methoxy groups -OCH3 is 1. The third-order valence-electron chi connectivity index (χ3n) is 8.50. The number of rotatable bonds is 12. The molecule has 2 aromatic rings. The first-order valence-corrected chi connectivity index (χ1v) is 14.0. The number of likely N-dealkylation sites (tertiary alicyclic amines) is 1. The molecule has 3 saturated heterocycles. The highest BCUT2D eigenvalue weighted by Gasteiger charge is 2.74. The summed E-state index contributed by atoms with van der Waals surface area (Å²) in [6.07, 6.45) is 3.86. The summed E-state index contributed by atoms with van der Waals surface area (Å²) < 4.78 is 11.8. The number of aliphatic hydroxyl groups is 1. The fraction of sp³-hybridized carbons (Fsp3) is 0.406. The molecule has 0 radical (unpaired) electrons. The number of hydrogen-bond acceptors (Lipinski definition) is 6. The van der Waals surface area contributed by atoms with E-state index >= 15 is 0 Å². The zero-order valence-corrected chi connectivity index (χ0v) is 23.4. The van der Waals surface area contributed by atoms with Crippen LogP contribution in [0.25, 0.3) is 0 Å². The third kappa shape index (κ3) is 4.93. The minimum Gasteiger partial charge on any atom is -0.497 e. The Bertz CT molecular complexity index is 1300. The summed E-state index contributed by atoms with van der Waals surface area (Å²) in [6, 6.07) is 15.8. The predicted molar refractivity (Wildman–Crippen MR) is 154 cm³/mol. The van der Waals surface area contributed by atoms with Gasteiger partial charge in [-0.05, 0) is 42.7 Å². The first-order chi connectivity index (χ1) is 19.9. The summed E-state index contributed by atoms with van der Waals surface area (Å²) in [4.78, 5) is 47.3. The van der Waals surface area contributed by atoms with Crippen LogP contribution in [0.2, 0.25) is 0 Å². The highest BCUT2D eigenvalue weighted by molar-refractivity contribution is 6.05. The topological polar surface area (TPSA) is 99.6 Å². The number of ether oxygens (including phenoxy) is 2. The maximum Gasteiger partial charge on any atom is 0.253 e. The molecule has 2 unspecified atom stereocenters. The number of carbonyl (C=O) groups excluding carboxylic acids is 3. The van der Waals surface area contributed by atoms with E-state index in [0.717, 1.165) is 5.56 Å². The van der Waals surface area contributed by atoms with E-state index in [1.807, 2.05) is 30.3 Å². The highest BCUT2D eigenvalue weighted by atomic mass is 16.5. The predicted octanol–water partition coefficient (Wildman–Crippen LogP) is 2.80. The van der Waals surface area contributed by atoms with Crippen molar-refractivity contribution in [3.8, 4) is 5.75 Å². The van der Waals surface area contributed by atoms with Gasteiger partial charge in [-0.2, -0.15) is 0 Å². The SMILES string of the molecule is C=CCN(Cc1ccccc1)C(=O)[C@@H]1[C@@H]2CCC3(O2)C(C(=O)N(CC=C)c2ccc(OC)cc2)N(CCO)C(=O)[C@H]13. The molecule has 3 aliphatic rings.